The Morgan fingerprint density at radius 1 is 1.19 bits per heavy atom. The fourth-order valence-electron chi connectivity index (χ4n) is 3.86. The van der Waals surface area contributed by atoms with E-state index in [9.17, 15) is 0 Å². The van der Waals surface area contributed by atoms with Crippen molar-refractivity contribution >= 4 is 0 Å². The first kappa shape index (κ1) is 16.5. The summed E-state index contributed by atoms with van der Waals surface area (Å²) in [7, 11) is 0. The van der Waals surface area contributed by atoms with Crippen molar-refractivity contribution in [2.24, 2.45) is 17.2 Å². The van der Waals surface area contributed by atoms with Crippen LogP contribution in [-0.4, -0.2) is 6.04 Å². The topological polar surface area (TPSA) is 38.0 Å². The number of aryl methyl sites for hydroxylation is 2. The van der Waals surface area contributed by atoms with Crippen LogP contribution in [0.15, 0.2) is 18.2 Å². The lowest BCUT2D eigenvalue weighted by Gasteiger charge is -2.26. The van der Waals surface area contributed by atoms with Gasteiger partial charge in [0.25, 0.3) is 0 Å². The van der Waals surface area contributed by atoms with Gasteiger partial charge in [0.15, 0.2) is 0 Å². The summed E-state index contributed by atoms with van der Waals surface area (Å²) < 4.78 is 0. The molecule has 2 atom stereocenters. The maximum Gasteiger partial charge on any atom is 0.0253 e. The van der Waals surface area contributed by atoms with Crippen molar-refractivity contribution in [1.82, 2.24) is 5.43 Å². The highest BCUT2D eigenvalue weighted by Crippen LogP contribution is 2.28. The van der Waals surface area contributed by atoms with Gasteiger partial charge in [0, 0.05) is 6.04 Å². The van der Waals surface area contributed by atoms with E-state index in [2.05, 4.69) is 51.3 Å². The van der Waals surface area contributed by atoms with E-state index in [4.69, 9.17) is 5.84 Å². The van der Waals surface area contributed by atoms with Crippen molar-refractivity contribution in [1.29, 1.82) is 0 Å². The molecule has 0 fully saturated rings. The number of fused-ring (bicyclic) bond motifs is 1. The Balaban J connectivity index is 1.93. The maximum atomic E-state index is 5.80. The minimum absolute atomic E-state index is 0.377. The van der Waals surface area contributed by atoms with E-state index < -0.39 is 0 Å². The zero-order chi connectivity index (χ0) is 15.5. The summed E-state index contributed by atoms with van der Waals surface area (Å²) in [5.74, 6) is 6.49. The summed E-state index contributed by atoms with van der Waals surface area (Å²) in [4.78, 5) is 0. The van der Waals surface area contributed by atoms with E-state index in [1.807, 2.05) is 0 Å². The molecule has 2 unspecified atom stereocenters. The Hall–Kier alpha value is -0.860. The highest BCUT2D eigenvalue weighted by atomic mass is 15.2. The molecule has 21 heavy (non-hydrogen) atoms. The molecule has 0 aliphatic heterocycles. The molecule has 0 saturated carbocycles. The molecule has 2 nitrogen and oxygen atoms in total. The van der Waals surface area contributed by atoms with E-state index in [0.29, 0.717) is 17.4 Å². The number of rotatable bonds is 6. The first-order valence-electron chi connectivity index (χ1n) is 8.44. The molecule has 1 aromatic rings. The van der Waals surface area contributed by atoms with Gasteiger partial charge in [-0.15, -0.1) is 0 Å². The number of hydrazine groups is 1. The van der Waals surface area contributed by atoms with Crippen LogP contribution >= 0.6 is 0 Å². The molecule has 0 saturated heterocycles. The van der Waals surface area contributed by atoms with Gasteiger partial charge < -0.3 is 0 Å². The van der Waals surface area contributed by atoms with Crippen molar-refractivity contribution < 1.29 is 0 Å². The summed E-state index contributed by atoms with van der Waals surface area (Å²) in [6.45, 7) is 9.29. The minimum Gasteiger partial charge on any atom is -0.271 e. The normalized spacial score (nSPS) is 17.6. The summed E-state index contributed by atoms with van der Waals surface area (Å²) >= 11 is 0. The second-order valence-electron chi connectivity index (χ2n) is 8.13. The van der Waals surface area contributed by atoms with Crippen LogP contribution in [0.3, 0.4) is 0 Å². The fraction of sp³-hybridized carbons (Fsp3) is 0.684. The van der Waals surface area contributed by atoms with Crippen LogP contribution < -0.4 is 11.3 Å². The lowest BCUT2D eigenvalue weighted by atomic mass is 9.82. The van der Waals surface area contributed by atoms with Crippen molar-refractivity contribution in [2.75, 3.05) is 0 Å². The third-order valence-electron chi connectivity index (χ3n) is 4.53. The van der Waals surface area contributed by atoms with E-state index >= 15 is 0 Å². The summed E-state index contributed by atoms with van der Waals surface area (Å²) in [6.07, 6.45) is 7.26. The molecule has 2 heteroatoms. The van der Waals surface area contributed by atoms with Crippen LogP contribution in [0.5, 0.6) is 0 Å². The number of hydrogen-bond donors (Lipinski definition) is 2. The van der Waals surface area contributed by atoms with E-state index in [1.165, 1.54) is 31.2 Å². The van der Waals surface area contributed by atoms with E-state index in [1.54, 1.807) is 11.1 Å². The second kappa shape index (κ2) is 6.93. The average Bonchev–Trinajstić information content (AvgIpc) is 2.83. The molecular weight excluding hydrogens is 256 g/mol. The van der Waals surface area contributed by atoms with Crippen LogP contribution in [0.1, 0.15) is 63.6 Å². The standard InChI is InChI=1S/C19H32N2/c1-14(13-19(2,3)4)10-18(21-20)12-15-8-9-16-6-5-7-17(16)11-15/h8-9,11,14,18,21H,5-7,10,12-13,20H2,1-4H3. The van der Waals surface area contributed by atoms with Gasteiger partial charge >= 0.3 is 0 Å². The Kier molecular flexibility index (Phi) is 5.45. The molecule has 1 aromatic carbocycles. The molecule has 1 aliphatic rings. The number of nitrogens with two attached hydrogens (primary N) is 1. The van der Waals surface area contributed by atoms with Gasteiger partial charge in [0.1, 0.15) is 0 Å². The predicted molar refractivity (Wildman–Crippen MR) is 91.1 cm³/mol. The van der Waals surface area contributed by atoms with Crippen LogP contribution in [0, 0.1) is 11.3 Å². The second-order valence-corrected chi connectivity index (χ2v) is 8.13. The fourth-order valence-corrected chi connectivity index (χ4v) is 3.86. The third kappa shape index (κ3) is 5.12. The van der Waals surface area contributed by atoms with Crippen LogP contribution in [-0.2, 0) is 19.3 Å². The molecule has 0 aromatic heterocycles. The molecule has 3 N–H and O–H groups in total. The van der Waals surface area contributed by atoms with Gasteiger partial charge in [0.2, 0.25) is 0 Å². The molecule has 0 spiro atoms. The van der Waals surface area contributed by atoms with Gasteiger partial charge in [-0.2, -0.15) is 0 Å². The summed E-state index contributed by atoms with van der Waals surface area (Å²) in [5.41, 5.74) is 7.98. The predicted octanol–water partition coefficient (Wildman–Crippen LogP) is 4.01. The highest BCUT2D eigenvalue weighted by molar-refractivity contribution is 5.35. The molecule has 1 aliphatic carbocycles. The lowest BCUT2D eigenvalue weighted by molar-refractivity contribution is 0.274. The zero-order valence-electron chi connectivity index (χ0n) is 14.2. The summed E-state index contributed by atoms with van der Waals surface area (Å²) in [6, 6.07) is 7.40. The third-order valence-corrected chi connectivity index (χ3v) is 4.53. The average molecular weight is 288 g/mol. The van der Waals surface area contributed by atoms with Gasteiger partial charge in [-0.1, -0.05) is 45.9 Å². The molecule has 118 valence electrons. The maximum absolute atomic E-state index is 5.80. The highest BCUT2D eigenvalue weighted by Gasteiger charge is 2.19. The first-order chi connectivity index (χ1) is 9.87. The smallest absolute Gasteiger partial charge is 0.0253 e. The van der Waals surface area contributed by atoms with E-state index in [-0.39, 0.29) is 0 Å². The number of hydrogen-bond acceptors (Lipinski definition) is 2. The van der Waals surface area contributed by atoms with Gasteiger partial charge in [-0.05, 0) is 66.5 Å². The Labute approximate surface area is 130 Å². The molecular formula is C19H32N2. The molecule has 0 amide bonds. The van der Waals surface area contributed by atoms with Gasteiger partial charge in [0.05, 0.1) is 0 Å². The number of nitrogens with one attached hydrogen (secondary N) is 1. The Morgan fingerprint density at radius 2 is 1.90 bits per heavy atom. The van der Waals surface area contributed by atoms with Crippen molar-refractivity contribution in [2.45, 2.75) is 72.3 Å². The van der Waals surface area contributed by atoms with Crippen LogP contribution in [0.4, 0.5) is 0 Å². The lowest BCUT2D eigenvalue weighted by Crippen LogP contribution is -2.38. The van der Waals surface area contributed by atoms with Crippen molar-refractivity contribution in [3.8, 4) is 0 Å². The SMILES string of the molecule is CC(CC(Cc1ccc2c(c1)CCC2)NN)CC(C)(C)C. The largest absolute Gasteiger partial charge is 0.271 e. The van der Waals surface area contributed by atoms with E-state index in [0.717, 1.165) is 12.8 Å². The molecule has 0 bridgehead atoms. The Bertz CT molecular complexity index is 459. The molecule has 0 heterocycles. The van der Waals surface area contributed by atoms with Crippen LogP contribution in [0.25, 0.3) is 0 Å². The summed E-state index contributed by atoms with van der Waals surface area (Å²) in [5, 5.41) is 0. The molecule has 2 rings (SSSR count). The monoisotopic (exact) mass is 288 g/mol. The minimum atomic E-state index is 0.377. The van der Waals surface area contributed by atoms with Crippen molar-refractivity contribution in [3.63, 3.8) is 0 Å². The zero-order valence-corrected chi connectivity index (χ0v) is 14.2. The quantitative estimate of drug-likeness (QED) is 0.613. The first-order valence-corrected chi connectivity index (χ1v) is 8.44. The Morgan fingerprint density at radius 3 is 2.57 bits per heavy atom. The van der Waals surface area contributed by atoms with Gasteiger partial charge in [-0.3, -0.25) is 11.3 Å². The van der Waals surface area contributed by atoms with Crippen LogP contribution in [0.2, 0.25) is 0 Å². The molecule has 0 radical (unpaired) electrons. The van der Waals surface area contributed by atoms with Crippen molar-refractivity contribution in [3.05, 3.63) is 34.9 Å². The van der Waals surface area contributed by atoms with Gasteiger partial charge in [-0.25, -0.2) is 0 Å². The number of benzene rings is 1.